The maximum atomic E-state index is 11.1. The molecular formula is C17H26O3. The van der Waals surface area contributed by atoms with E-state index in [9.17, 15) is 4.79 Å². The molecule has 2 fully saturated rings. The molecule has 1 heterocycles. The fourth-order valence-corrected chi connectivity index (χ4v) is 4.92. The lowest BCUT2D eigenvalue weighted by Gasteiger charge is -2.56. The predicted octanol–water partition coefficient (Wildman–Crippen LogP) is 3.48. The molecule has 1 aliphatic heterocycles. The molecular weight excluding hydrogens is 252 g/mol. The molecule has 3 heteroatoms. The van der Waals surface area contributed by atoms with E-state index in [0.717, 1.165) is 13.0 Å². The molecule has 0 amide bonds. The third-order valence-electron chi connectivity index (χ3n) is 6.13. The molecule has 2 aliphatic carbocycles. The predicted molar refractivity (Wildman–Crippen MR) is 77.2 cm³/mol. The van der Waals surface area contributed by atoms with Crippen LogP contribution in [0.25, 0.3) is 0 Å². The molecule has 1 spiro atoms. The number of ether oxygens (including phenoxy) is 2. The van der Waals surface area contributed by atoms with Crippen molar-refractivity contribution in [3.63, 3.8) is 0 Å². The Morgan fingerprint density at radius 3 is 2.70 bits per heavy atom. The first kappa shape index (κ1) is 14.1. The fourth-order valence-electron chi connectivity index (χ4n) is 4.92. The minimum Gasteiger partial charge on any atom is -0.461 e. The molecule has 3 atom stereocenters. The van der Waals surface area contributed by atoms with E-state index in [2.05, 4.69) is 26.8 Å². The number of fused-ring (bicyclic) bond motifs is 2. The number of carbonyl (C=O) groups is 1. The normalized spacial score (nSPS) is 41.8. The van der Waals surface area contributed by atoms with Gasteiger partial charge in [-0.05, 0) is 36.2 Å². The van der Waals surface area contributed by atoms with E-state index in [0.29, 0.717) is 17.9 Å². The van der Waals surface area contributed by atoms with Crippen LogP contribution >= 0.6 is 0 Å². The Kier molecular flexibility index (Phi) is 3.06. The van der Waals surface area contributed by atoms with Crippen LogP contribution < -0.4 is 0 Å². The van der Waals surface area contributed by atoms with Crippen LogP contribution in [-0.4, -0.2) is 24.8 Å². The summed E-state index contributed by atoms with van der Waals surface area (Å²) in [5.74, 6) is 0.449. The Hall–Kier alpha value is -0.830. The van der Waals surface area contributed by atoms with Gasteiger partial charge in [0, 0.05) is 12.3 Å². The van der Waals surface area contributed by atoms with Gasteiger partial charge >= 0.3 is 5.97 Å². The molecule has 1 unspecified atom stereocenters. The largest absolute Gasteiger partial charge is 0.461 e. The van der Waals surface area contributed by atoms with Crippen LogP contribution in [0.2, 0.25) is 0 Å². The quantitative estimate of drug-likeness (QED) is 0.441. The van der Waals surface area contributed by atoms with Crippen LogP contribution in [0.5, 0.6) is 0 Å². The lowest BCUT2D eigenvalue weighted by molar-refractivity contribution is -0.140. The molecule has 0 aromatic heterocycles. The van der Waals surface area contributed by atoms with Crippen LogP contribution in [-0.2, 0) is 14.3 Å². The summed E-state index contributed by atoms with van der Waals surface area (Å²) in [6.07, 6.45) is 7.17. The molecule has 0 N–H and O–H groups in total. The van der Waals surface area contributed by atoms with Gasteiger partial charge in [0.2, 0.25) is 0 Å². The van der Waals surface area contributed by atoms with Gasteiger partial charge in [0.15, 0.2) is 0 Å². The van der Waals surface area contributed by atoms with Gasteiger partial charge in [-0.15, -0.1) is 0 Å². The molecule has 20 heavy (non-hydrogen) atoms. The standard InChI is InChI=1S/C17H26O3/c1-12(18)19-10-13-6-7-14-15(2,3)8-5-9-16(14,4)17(13)11-20-17/h6,14H,5,7-11H2,1-4H3/t14?,16-,17+/m0/s1. The van der Waals surface area contributed by atoms with Crippen LogP contribution in [0.3, 0.4) is 0 Å². The van der Waals surface area contributed by atoms with Gasteiger partial charge in [0.25, 0.3) is 0 Å². The van der Waals surface area contributed by atoms with Crippen LogP contribution in [0.15, 0.2) is 11.6 Å². The second kappa shape index (κ2) is 4.33. The van der Waals surface area contributed by atoms with Crippen molar-refractivity contribution < 1.29 is 14.3 Å². The molecule has 0 aromatic carbocycles. The van der Waals surface area contributed by atoms with Gasteiger partial charge in [-0.3, -0.25) is 4.79 Å². The van der Waals surface area contributed by atoms with Gasteiger partial charge < -0.3 is 9.47 Å². The van der Waals surface area contributed by atoms with E-state index in [1.165, 1.54) is 31.8 Å². The highest BCUT2D eigenvalue weighted by atomic mass is 16.6. The van der Waals surface area contributed by atoms with Crippen molar-refractivity contribution in [2.24, 2.45) is 16.7 Å². The third-order valence-corrected chi connectivity index (χ3v) is 6.13. The van der Waals surface area contributed by atoms with Crippen molar-refractivity contribution in [3.8, 4) is 0 Å². The van der Waals surface area contributed by atoms with Crippen molar-refractivity contribution >= 4 is 5.97 Å². The molecule has 3 nitrogen and oxygen atoms in total. The summed E-state index contributed by atoms with van der Waals surface area (Å²) in [4.78, 5) is 11.1. The van der Waals surface area contributed by atoms with E-state index in [1.807, 2.05) is 0 Å². The first-order chi connectivity index (χ1) is 9.32. The van der Waals surface area contributed by atoms with Gasteiger partial charge in [0.05, 0.1) is 6.61 Å². The molecule has 3 aliphatic rings. The number of carbonyl (C=O) groups excluding carboxylic acids is 1. The van der Waals surface area contributed by atoms with E-state index in [4.69, 9.17) is 9.47 Å². The van der Waals surface area contributed by atoms with Crippen molar-refractivity contribution in [3.05, 3.63) is 11.6 Å². The number of allylic oxidation sites excluding steroid dienone is 1. The highest BCUT2D eigenvalue weighted by Crippen LogP contribution is 2.66. The van der Waals surface area contributed by atoms with Gasteiger partial charge in [-0.2, -0.15) is 0 Å². The summed E-state index contributed by atoms with van der Waals surface area (Å²) in [5, 5.41) is 0. The minimum atomic E-state index is -0.210. The zero-order valence-corrected chi connectivity index (χ0v) is 13.1. The Balaban J connectivity index is 1.91. The fraction of sp³-hybridized carbons (Fsp3) is 0.824. The van der Waals surface area contributed by atoms with Gasteiger partial charge in [-0.1, -0.05) is 33.3 Å². The highest BCUT2D eigenvalue weighted by molar-refractivity contribution is 5.66. The average Bonchev–Trinajstić information content (AvgIpc) is 3.11. The topological polar surface area (TPSA) is 38.8 Å². The van der Waals surface area contributed by atoms with E-state index in [1.54, 1.807) is 0 Å². The summed E-state index contributed by atoms with van der Waals surface area (Å²) >= 11 is 0. The Morgan fingerprint density at radius 1 is 1.40 bits per heavy atom. The van der Waals surface area contributed by atoms with Crippen molar-refractivity contribution in [1.29, 1.82) is 0 Å². The van der Waals surface area contributed by atoms with Crippen molar-refractivity contribution in [2.45, 2.75) is 59.0 Å². The number of epoxide rings is 1. The molecule has 1 saturated carbocycles. The molecule has 1 saturated heterocycles. The molecule has 0 bridgehead atoms. The van der Waals surface area contributed by atoms with Gasteiger partial charge in [-0.25, -0.2) is 0 Å². The SMILES string of the molecule is CC(=O)OCC1=CCC2C(C)(C)CCC[C@]2(C)[C@@]12CO2. The van der Waals surface area contributed by atoms with Crippen LogP contribution in [0.1, 0.15) is 53.4 Å². The highest BCUT2D eigenvalue weighted by Gasteiger charge is 2.67. The van der Waals surface area contributed by atoms with Crippen molar-refractivity contribution in [2.75, 3.05) is 13.2 Å². The van der Waals surface area contributed by atoms with E-state index < -0.39 is 0 Å². The number of rotatable bonds is 2. The van der Waals surface area contributed by atoms with Crippen molar-refractivity contribution in [1.82, 2.24) is 0 Å². The monoisotopic (exact) mass is 278 g/mol. The maximum Gasteiger partial charge on any atom is 0.302 e. The Bertz CT molecular complexity index is 459. The summed E-state index contributed by atoms with van der Waals surface area (Å²) in [6.45, 7) is 9.86. The summed E-state index contributed by atoms with van der Waals surface area (Å²) in [5.41, 5.74) is 1.61. The molecule has 3 rings (SSSR count). The zero-order chi connectivity index (χ0) is 14.6. The first-order valence-corrected chi connectivity index (χ1v) is 7.79. The first-order valence-electron chi connectivity index (χ1n) is 7.79. The lowest BCUT2D eigenvalue weighted by Crippen LogP contribution is -2.54. The van der Waals surface area contributed by atoms with Crippen LogP contribution in [0, 0.1) is 16.7 Å². The number of hydrogen-bond donors (Lipinski definition) is 0. The molecule has 0 radical (unpaired) electrons. The third kappa shape index (κ3) is 1.86. The Labute approximate surface area is 121 Å². The number of hydrogen-bond acceptors (Lipinski definition) is 3. The summed E-state index contributed by atoms with van der Waals surface area (Å²) in [6, 6.07) is 0. The lowest BCUT2D eigenvalue weighted by atomic mass is 9.48. The minimum absolute atomic E-state index is 0.150. The molecule has 112 valence electrons. The smallest absolute Gasteiger partial charge is 0.302 e. The molecule has 0 aromatic rings. The van der Waals surface area contributed by atoms with Crippen LogP contribution in [0.4, 0.5) is 0 Å². The maximum absolute atomic E-state index is 11.1. The number of esters is 1. The summed E-state index contributed by atoms with van der Waals surface area (Å²) in [7, 11) is 0. The summed E-state index contributed by atoms with van der Waals surface area (Å²) < 4.78 is 11.2. The zero-order valence-electron chi connectivity index (χ0n) is 13.1. The average molecular weight is 278 g/mol. The van der Waals surface area contributed by atoms with E-state index >= 15 is 0 Å². The van der Waals surface area contributed by atoms with Gasteiger partial charge in [0.1, 0.15) is 12.2 Å². The second-order valence-electron chi connectivity index (χ2n) is 7.67. The second-order valence-corrected chi connectivity index (χ2v) is 7.67. The van der Waals surface area contributed by atoms with E-state index in [-0.39, 0.29) is 17.0 Å². The Morgan fingerprint density at radius 2 is 2.10 bits per heavy atom.